The Labute approximate surface area is 104 Å². The van der Waals surface area contributed by atoms with Gasteiger partial charge in [-0.15, -0.1) is 0 Å². The van der Waals surface area contributed by atoms with Crippen LogP contribution in [0, 0.1) is 11.8 Å². The van der Waals surface area contributed by atoms with Crippen LogP contribution in [0.1, 0.15) is 57.8 Å². The zero-order valence-electron chi connectivity index (χ0n) is 10.7. The maximum atomic E-state index is 11.9. The van der Waals surface area contributed by atoms with E-state index in [9.17, 15) is 9.90 Å². The summed E-state index contributed by atoms with van der Waals surface area (Å²) in [5.41, 5.74) is 0. The number of nitrogens with one attached hydrogen (secondary N) is 1. The third kappa shape index (κ3) is 3.98. The molecule has 0 atom stereocenters. The first-order chi connectivity index (χ1) is 8.25. The smallest absolute Gasteiger partial charge is 0.223 e. The van der Waals surface area contributed by atoms with Crippen molar-refractivity contribution < 1.29 is 9.90 Å². The molecule has 0 aliphatic heterocycles. The average Bonchev–Trinajstić information content (AvgIpc) is 2.83. The van der Waals surface area contributed by atoms with E-state index in [4.69, 9.17) is 0 Å². The molecule has 98 valence electrons. The maximum absolute atomic E-state index is 11.9. The van der Waals surface area contributed by atoms with Gasteiger partial charge in [0.15, 0.2) is 0 Å². The summed E-state index contributed by atoms with van der Waals surface area (Å²) in [7, 11) is 0. The fourth-order valence-corrected chi connectivity index (χ4v) is 3.18. The van der Waals surface area contributed by atoms with E-state index in [0.717, 1.165) is 44.6 Å². The fraction of sp³-hybridized carbons (Fsp3) is 0.929. The van der Waals surface area contributed by atoms with E-state index >= 15 is 0 Å². The van der Waals surface area contributed by atoms with Crippen molar-refractivity contribution in [1.29, 1.82) is 0 Å². The molecule has 0 aromatic carbocycles. The van der Waals surface area contributed by atoms with Gasteiger partial charge >= 0.3 is 0 Å². The first-order valence-electron chi connectivity index (χ1n) is 7.21. The van der Waals surface area contributed by atoms with E-state index in [1.807, 2.05) is 0 Å². The Bertz CT molecular complexity index is 241. The van der Waals surface area contributed by atoms with E-state index in [-0.39, 0.29) is 17.9 Å². The SMILES string of the molecule is O=C(NCCC1CCCC1)C1CCC(O)CC1. The minimum atomic E-state index is -0.169. The summed E-state index contributed by atoms with van der Waals surface area (Å²) in [5.74, 6) is 1.22. The molecule has 0 aromatic rings. The number of rotatable bonds is 4. The van der Waals surface area contributed by atoms with E-state index < -0.39 is 0 Å². The largest absolute Gasteiger partial charge is 0.393 e. The molecule has 2 saturated carbocycles. The van der Waals surface area contributed by atoms with Crippen LogP contribution >= 0.6 is 0 Å². The summed E-state index contributed by atoms with van der Waals surface area (Å²) in [5, 5.41) is 12.5. The van der Waals surface area contributed by atoms with E-state index in [1.54, 1.807) is 0 Å². The Morgan fingerprint density at radius 2 is 1.71 bits per heavy atom. The highest BCUT2D eigenvalue weighted by Crippen LogP contribution is 2.27. The molecule has 2 rings (SSSR count). The standard InChI is InChI=1S/C14H25NO2/c16-13-7-5-12(6-8-13)14(17)15-10-9-11-3-1-2-4-11/h11-13,16H,1-10H2,(H,15,17). The molecule has 3 nitrogen and oxygen atoms in total. The molecule has 2 aliphatic carbocycles. The highest BCUT2D eigenvalue weighted by atomic mass is 16.3. The number of aliphatic hydroxyl groups excluding tert-OH is 1. The predicted octanol–water partition coefficient (Wildman–Crippen LogP) is 2.23. The van der Waals surface area contributed by atoms with Crippen molar-refractivity contribution in [3.8, 4) is 0 Å². The van der Waals surface area contributed by atoms with Crippen molar-refractivity contribution in [3.63, 3.8) is 0 Å². The van der Waals surface area contributed by atoms with Gasteiger partial charge in [-0.25, -0.2) is 0 Å². The lowest BCUT2D eigenvalue weighted by molar-refractivity contribution is -0.126. The van der Waals surface area contributed by atoms with Crippen LogP contribution in [-0.4, -0.2) is 23.7 Å². The maximum Gasteiger partial charge on any atom is 0.223 e. The third-order valence-electron chi connectivity index (χ3n) is 4.39. The molecule has 3 heteroatoms. The minimum absolute atomic E-state index is 0.155. The molecular formula is C14H25NO2. The van der Waals surface area contributed by atoms with Crippen LogP contribution in [0.3, 0.4) is 0 Å². The Morgan fingerprint density at radius 1 is 1.06 bits per heavy atom. The van der Waals surface area contributed by atoms with Crippen molar-refractivity contribution in [2.75, 3.05) is 6.54 Å². The number of carbonyl (C=O) groups excluding carboxylic acids is 1. The number of hydrogen-bond donors (Lipinski definition) is 2. The summed E-state index contributed by atoms with van der Waals surface area (Å²) < 4.78 is 0. The molecule has 0 spiro atoms. The van der Waals surface area contributed by atoms with E-state index in [1.165, 1.54) is 25.7 Å². The Hall–Kier alpha value is -0.570. The molecule has 2 fully saturated rings. The molecule has 0 aromatic heterocycles. The van der Waals surface area contributed by atoms with Gasteiger partial charge in [0.25, 0.3) is 0 Å². The number of aliphatic hydroxyl groups is 1. The number of amides is 1. The summed E-state index contributed by atoms with van der Waals surface area (Å²) in [6, 6.07) is 0. The van der Waals surface area contributed by atoms with Crippen molar-refractivity contribution in [3.05, 3.63) is 0 Å². The van der Waals surface area contributed by atoms with Crippen LogP contribution in [-0.2, 0) is 4.79 Å². The van der Waals surface area contributed by atoms with Gasteiger partial charge in [0.05, 0.1) is 6.10 Å². The van der Waals surface area contributed by atoms with Crippen molar-refractivity contribution >= 4 is 5.91 Å². The molecule has 0 radical (unpaired) electrons. The van der Waals surface area contributed by atoms with E-state index in [0.29, 0.717) is 0 Å². The van der Waals surface area contributed by atoms with Gasteiger partial charge in [0, 0.05) is 12.5 Å². The highest BCUT2D eigenvalue weighted by molar-refractivity contribution is 5.78. The van der Waals surface area contributed by atoms with Crippen LogP contribution < -0.4 is 5.32 Å². The Kier molecular flexibility index (Phi) is 4.84. The molecule has 0 heterocycles. The summed E-state index contributed by atoms with van der Waals surface area (Å²) >= 11 is 0. The number of hydrogen-bond acceptors (Lipinski definition) is 2. The van der Waals surface area contributed by atoms with Gasteiger partial charge in [-0.2, -0.15) is 0 Å². The van der Waals surface area contributed by atoms with Crippen molar-refractivity contribution in [2.24, 2.45) is 11.8 Å². The Morgan fingerprint density at radius 3 is 2.35 bits per heavy atom. The molecule has 0 bridgehead atoms. The Balaban J connectivity index is 1.60. The van der Waals surface area contributed by atoms with Crippen LogP contribution in [0.4, 0.5) is 0 Å². The van der Waals surface area contributed by atoms with Crippen LogP contribution in [0.2, 0.25) is 0 Å². The molecule has 0 saturated heterocycles. The van der Waals surface area contributed by atoms with Gasteiger partial charge in [-0.1, -0.05) is 25.7 Å². The molecule has 17 heavy (non-hydrogen) atoms. The average molecular weight is 239 g/mol. The zero-order chi connectivity index (χ0) is 12.1. The lowest BCUT2D eigenvalue weighted by atomic mass is 9.87. The minimum Gasteiger partial charge on any atom is -0.393 e. The summed E-state index contributed by atoms with van der Waals surface area (Å²) in [6.45, 7) is 0.850. The first-order valence-corrected chi connectivity index (χ1v) is 7.21. The van der Waals surface area contributed by atoms with Gasteiger partial charge in [0.1, 0.15) is 0 Å². The van der Waals surface area contributed by atoms with Crippen LogP contribution in [0.25, 0.3) is 0 Å². The van der Waals surface area contributed by atoms with Gasteiger partial charge in [-0.05, 0) is 38.0 Å². The molecule has 1 amide bonds. The lowest BCUT2D eigenvalue weighted by Crippen LogP contribution is -2.35. The van der Waals surface area contributed by atoms with Crippen molar-refractivity contribution in [1.82, 2.24) is 5.32 Å². The highest BCUT2D eigenvalue weighted by Gasteiger charge is 2.25. The first kappa shape index (κ1) is 12.9. The summed E-state index contributed by atoms with van der Waals surface area (Å²) in [4.78, 5) is 11.9. The third-order valence-corrected chi connectivity index (χ3v) is 4.39. The zero-order valence-corrected chi connectivity index (χ0v) is 10.7. The molecular weight excluding hydrogens is 214 g/mol. The van der Waals surface area contributed by atoms with Gasteiger partial charge in [-0.3, -0.25) is 4.79 Å². The second-order valence-corrected chi connectivity index (χ2v) is 5.74. The topological polar surface area (TPSA) is 49.3 Å². The molecule has 2 N–H and O–H groups in total. The van der Waals surface area contributed by atoms with Crippen LogP contribution in [0.5, 0.6) is 0 Å². The van der Waals surface area contributed by atoms with Gasteiger partial charge < -0.3 is 10.4 Å². The summed E-state index contributed by atoms with van der Waals surface area (Å²) in [6.07, 6.45) is 9.74. The van der Waals surface area contributed by atoms with E-state index in [2.05, 4.69) is 5.32 Å². The monoisotopic (exact) mass is 239 g/mol. The second kappa shape index (κ2) is 6.39. The lowest BCUT2D eigenvalue weighted by Gasteiger charge is -2.24. The quantitative estimate of drug-likeness (QED) is 0.790. The molecule has 0 unspecified atom stereocenters. The second-order valence-electron chi connectivity index (χ2n) is 5.74. The fourth-order valence-electron chi connectivity index (χ4n) is 3.18. The molecule has 2 aliphatic rings. The predicted molar refractivity (Wildman–Crippen MR) is 67.5 cm³/mol. The van der Waals surface area contributed by atoms with Gasteiger partial charge in [0.2, 0.25) is 5.91 Å². The number of carbonyl (C=O) groups is 1. The van der Waals surface area contributed by atoms with Crippen molar-refractivity contribution in [2.45, 2.75) is 63.9 Å². The van der Waals surface area contributed by atoms with Crippen LogP contribution in [0.15, 0.2) is 0 Å². The normalized spacial score (nSPS) is 30.4.